The van der Waals surface area contributed by atoms with Gasteiger partial charge in [0.05, 0.1) is 5.69 Å². The fourth-order valence-corrected chi connectivity index (χ4v) is 4.20. The molecule has 26 heavy (non-hydrogen) atoms. The van der Waals surface area contributed by atoms with Crippen molar-refractivity contribution >= 4 is 47.4 Å². The van der Waals surface area contributed by atoms with Crippen LogP contribution in [0, 0.1) is 5.82 Å². The van der Waals surface area contributed by atoms with Crippen molar-refractivity contribution in [3.63, 3.8) is 0 Å². The summed E-state index contributed by atoms with van der Waals surface area (Å²) in [6, 6.07) is 7.03. The molecule has 0 aliphatic carbocycles. The van der Waals surface area contributed by atoms with Crippen LogP contribution >= 0.6 is 35.7 Å². The third-order valence-electron chi connectivity index (χ3n) is 4.81. The molecule has 0 amide bonds. The molecule has 8 heteroatoms. The van der Waals surface area contributed by atoms with E-state index in [9.17, 15) is 4.39 Å². The summed E-state index contributed by atoms with van der Waals surface area (Å²) in [4.78, 5) is 11.3. The zero-order valence-electron chi connectivity index (χ0n) is 15.1. The number of aliphatic imine (C=N–C) groups is 1. The second-order valence-corrected chi connectivity index (χ2v) is 7.70. The molecule has 0 radical (unpaired) electrons. The van der Waals surface area contributed by atoms with Crippen molar-refractivity contribution in [3.8, 4) is 0 Å². The first-order chi connectivity index (χ1) is 12.2. The highest BCUT2D eigenvalue weighted by atomic mass is 127. The number of anilines is 1. The van der Waals surface area contributed by atoms with Crippen LogP contribution in [0.2, 0.25) is 0 Å². The zero-order valence-corrected chi connectivity index (χ0v) is 18.3. The van der Waals surface area contributed by atoms with Crippen LogP contribution in [0.5, 0.6) is 0 Å². The second kappa shape index (κ2) is 11.2. The van der Waals surface area contributed by atoms with E-state index < -0.39 is 0 Å². The Balaban J connectivity index is 0.00000243. The van der Waals surface area contributed by atoms with Crippen molar-refractivity contribution in [1.29, 1.82) is 0 Å². The van der Waals surface area contributed by atoms with Crippen molar-refractivity contribution in [3.05, 3.63) is 30.1 Å². The molecule has 2 aliphatic heterocycles. The molecular formula is C18H29FIN5S. The summed E-state index contributed by atoms with van der Waals surface area (Å²) in [6.45, 7) is 7.51. The van der Waals surface area contributed by atoms with E-state index in [1.807, 2.05) is 23.9 Å². The van der Waals surface area contributed by atoms with Crippen LogP contribution in [-0.2, 0) is 0 Å². The maximum Gasteiger partial charge on any atom is 0.191 e. The first-order valence-electron chi connectivity index (χ1n) is 9.08. The fourth-order valence-electron chi connectivity index (χ4n) is 3.30. The lowest BCUT2D eigenvalue weighted by Gasteiger charge is -2.36. The van der Waals surface area contributed by atoms with Crippen LogP contribution in [0.4, 0.5) is 10.1 Å². The van der Waals surface area contributed by atoms with Crippen molar-refractivity contribution in [2.45, 2.75) is 6.42 Å². The Bertz CT molecular complexity index is 574. The summed E-state index contributed by atoms with van der Waals surface area (Å²) in [5.74, 6) is 2.85. The van der Waals surface area contributed by atoms with E-state index in [1.54, 1.807) is 6.07 Å². The summed E-state index contributed by atoms with van der Waals surface area (Å²) < 4.78 is 13.9. The fraction of sp³-hybridized carbons (Fsp3) is 0.611. The molecule has 2 heterocycles. The van der Waals surface area contributed by atoms with Gasteiger partial charge >= 0.3 is 0 Å². The van der Waals surface area contributed by atoms with Crippen molar-refractivity contribution < 1.29 is 4.39 Å². The molecule has 0 saturated carbocycles. The molecular weight excluding hydrogens is 464 g/mol. The van der Waals surface area contributed by atoms with Crippen LogP contribution in [0.15, 0.2) is 29.3 Å². The molecule has 1 aromatic carbocycles. The van der Waals surface area contributed by atoms with E-state index in [-0.39, 0.29) is 29.8 Å². The summed E-state index contributed by atoms with van der Waals surface area (Å²) in [6.07, 6.45) is 1.02. The molecule has 0 atom stereocenters. The predicted molar refractivity (Wildman–Crippen MR) is 120 cm³/mol. The van der Waals surface area contributed by atoms with E-state index in [0.29, 0.717) is 5.96 Å². The van der Waals surface area contributed by atoms with Crippen LogP contribution in [-0.4, -0.2) is 79.6 Å². The van der Waals surface area contributed by atoms with Gasteiger partial charge in [-0.15, -0.1) is 24.0 Å². The maximum absolute atomic E-state index is 13.9. The van der Waals surface area contributed by atoms with Crippen LogP contribution in [0.3, 0.4) is 0 Å². The first kappa shape index (κ1) is 21.6. The van der Waals surface area contributed by atoms with E-state index in [0.717, 1.165) is 76.0 Å². The van der Waals surface area contributed by atoms with Gasteiger partial charge in [-0.25, -0.2) is 4.39 Å². The van der Waals surface area contributed by atoms with Gasteiger partial charge in [0, 0.05) is 63.9 Å². The van der Waals surface area contributed by atoms with Gasteiger partial charge in [-0.05, 0) is 18.6 Å². The van der Waals surface area contributed by atoms with Gasteiger partial charge in [0.2, 0.25) is 0 Å². The SMILES string of the molecule is I.NC(=NCCCN1CCN(c2ccccc2F)CC1)N1CCSCC1. The van der Waals surface area contributed by atoms with Crippen LogP contribution in [0.25, 0.3) is 0 Å². The van der Waals surface area contributed by atoms with Crippen molar-refractivity contribution in [2.24, 2.45) is 10.7 Å². The number of para-hydroxylation sites is 1. The number of guanidine groups is 1. The number of halogens is 2. The Labute approximate surface area is 177 Å². The van der Waals surface area contributed by atoms with Gasteiger partial charge in [-0.1, -0.05) is 12.1 Å². The molecule has 2 N–H and O–H groups in total. The summed E-state index contributed by atoms with van der Waals surface area (Å²) in [7, 11) is 0. The lowest BCUT2D eigenvalue weighted by atomic mass is 10.2. The first-order valence-corrected chi connectivity index (χ1v) is 10.2. The third-order valence-corrected chi connectivity index (χ3v) is 5.75. The molecule has 5 nitrogen and oxygen atoms in total. The summed E-state index contributed by atoms with van der Waals surface area (Å²) in [5.41, 5.74) is 6.80. The van der Waals surface area contributed by atoms with Gasteiger partial charge in [0.25, 0.3) is 0 Å². The van der Waals surface area contributed by atoms with Crippen molar-refractivity contribution in [1.82, 2.24) is 9.80 Å². The standard InChI is InChI=1S/C18H28FN5S.HI/c19-16-4-1-2-5-17(16)23-10-8-22(9-11-23)7-3-6-21-18(20)24-12-14-25-15-13-24;/h1-2,4-5H,3,6-15H2,(H2,20,21);1H. The Morgan fingerprint density at radius 2 is 1.77 bits per heavy atom. The highest BCUT2D eigenvalue weighted by Crippen LogP contribution is 2.20. The van der Waals surface area contributed by atoms with Gasteiger partial charge < -0.3 is 15.5 Å². The topological polar surface area (TPSA) is 48.1 Å². The van der Waals surface area contributed by atoms with E-state index in [4.69, 9.17) is 5.73 Å². The number of rotatable bonds is 5. The minimum absolute atomic E-state index is 0. The normalized spacial score (nSPS) is 19.3. The lowest BCUT2D eigenvalue weighted by Crippen LogP contribution is -2.47. The van der Waals surface area contributed by atoms with Crippen LogP contribution in [0.1, 0.15) is 6.42 Å². The molecule has 2 saturated heterocycles. The van der Waals surface area contributed by atoms with Gasteiger partial charge in [0.1, 0.15) is 5.82 Å². The molecule has 3 rings (SSSR count). The Kier molecular flexibility index (Phi) is 9.27. The molecule has 1 aromatic rings. The number of benzene rings is 1. The molecule has 0 bridgehead atoms. The number of hydrogen-bond donors (Lipinski definition) is 1. The summed E-state index contributed by atoms with van der Waals surface area (Å²) in [5, 5.41) is 0. The minimum atomic E-state index is -0.128. The largest absolute Gasteiger partial charge is 0.370 e. The maximum atomic E-state index is 13.9. The zero-order chi connectivity index (χ0) is 17.5. The van der Waals surface area contributed by atoms with Gasteiger partial charge in [-0.2, -0.15) is 11.8 Å². The van der Waals surface area contributed by atoms with Gasteiger partial charge in [0.15, 0.2) is 5.96 Å². The number of piperazine rings is 1. The number of nitrogens with zero attached hydrogens (tertiary/aromatic N) is 4. The quantitative estimate of drug-likeness (QED) is 0.296. The van der Waals surface area contributed by atoms with E-state index in [1.165, 1.54) is 6.07 Å². The Hall–Kier alpha value is -0.740. The van der Waals surface area contributed by atoms with Crippen molar-refractivity contribution in [2.75, 3.05) is 68.8 Å². The molecule has 2 aliphatic rings. The Morgan fingerprint density at radius 1 is 1.08 bits per heavy atom. The second-order valence-electron chi connectivity index (χ2n) is 6.47. The average Bonchev–Trinajstić information content (AvgIpc) is 2.67. The minimum Gasteiger partial charge on any atom is -0.370 e. The molecule has 0 spiro atoms. The molecule has 0 aromatic heterocycles. The lowest BCUT2D eigenvalue weighted by molar-refractivity contribution is 0.255. The smallest absolute Gasteiger partial charge is 0.191 e. The van der Waals surface area contributed by atoms with E-state index >= 15 is 0 Å². The number of nitrogens with two attached hydrogens (primary N) is 1. The highest BCUT2D eigenvalue weighted by Gasteiger charge is 2.18. The number of thioether (sulfide) groups is 1. The molecule has 2 fully saturated rings. The Morgan fingerprint density at radius 3 is 2.46 bits per heavy atom. The number of hydrogen-bond acceptors (Lipinski definition) is 4. The summed E-state index contributed by atoms with van der Waals surface area (Å²) >= 11 is 1.98. The predicted octanol–water partition coefficient (Wildman–Crippen LogP) is 2.32. The molecule has 0 unspecified atom stereocenters. The van der Waals surface area contributed by atoms with E-state index in [2.05, 4.69) is 19.7 Å². The van der Waals surface area contributed by atoms with Gasteiger partial charge in [-0.3, -0.25) is 9.89 Å². The van der Waals surface area contributed by atoms with Crippen LogP contribution < -0.4 is 10.6 Å². The molecule has 146 valence electrons. The monoisotopic (exact) mass is 493 g/mol. The highest BCUT2D eigenvalue weighted by molar-refractivity contribution is 14.0. The average molecular weight is 493 g/mol. The third kappa shape index (κ3) is 6.16.